The van der Waals surface area contributed by atoms with Crippen molar-refractivity contribution in [1.82, 2.24) is 0 Å². The topological polar surface area (TPSA) is 38.8 Å². The molecule has 1 fully saturated rings. The number of hydrogen-bond donors (Lipinski definition) is 0. The second-order valence-electron chi connectivity index (χ2n) is 4.12. The maximum absolute atomic E-state index is 11.8. The van der Waals surface area contributed by atoms with Crippen molar-refractivity contribution in [3.63, 3.8) is 0 Å². The fourth-order valence-electron chi connectivity index (χ4n) is 1.85. The molecule has 0 saturated carbocycles. The minimum Gasteiger partial charge on any atom is -0.425 e. The molecule has 1 aliphatic heterocycles. The van der Waals surface area contributed by atoms with Crippen LogP contribution in [0.4, 0.5) is 0 Å². The largest absolute Gasteiger partial charge is 0.425 e. The van der Waals surface area contributed by atoms with Gasteiger partial charge in [0.25, 0.3) is 0 Å². The Hall–Kier alpha value is -2.13. The number of rotatable bonds is 3. The first-order valence-electron chi connectivity index (χ1n) is 5.82. The van der Waals surface area contributed by atoms with Crippen LogP contribution in [0.2, 0.25) is 0 Å². The lowest BCUT2D eigenvalue weighted by atomic mass is 10.1. The standard InChI is InChI=1S/C15H12O3/c16-15(17-12-9-5-2-6-10-12)14-13(18-14)11-7-3-1-4-8-11/h1-10,13-14H/t13-,14+/m0/s1. The van der Waals surface area contributed by atoms with E-state index in [-0.39, 0.29) is 12.1 Å². The normalized spacial score (nSPS) is 21.3. The molecule has 3 rings (SSSR count). The fraction of sp³-hybridized carbons (Fsp3) is 0.133. The van der Waals surface area contributed by atoms with Crippen LogP contribution >= 0.6 is 0 Å². The Morgan fingerprint density at radius 1 is 0.944 bits per heavy atom. The summed E-state index contributed by atoms with van der Waals surface area (Å²) in [5.41, 5.74) is 1.01. The summed E-state index contributed by atoms with van der Waals surface area (Å²) in [5.74, 6) is 0.208. The summed E-state index contributed by atoms with van der Waals surface area (Å²) in [7, 11) is 0. The molecule has 1 saturated heterocycles. The van der Waals surface area contributed by atoms with Gasteiger partial charge in [0.2, 0.25) is 0 Å². The zero-order chi connectivity index (χ0) is 12.4. The number of ether oxygens (including phenoxy) is 2. The van der Waals surface area contributed by atoms with Crippen LogP contribution in [-0.2, 0) is 9.53 Å². The Morgan fingerprint density at radius 2 is 1.56 bits per heavy atom. The highest BCUT2D eigenvalue weighted by Crippen LogP contribution is 2.39. The third-order valence-electron chi connectivity index (χ3n) is 2.81. The summed E-state index contributed by atoms with van der Waals surface area (Å²) in [6, 6.07) is 18.7. The molecule has 18 heavy (non-hydrogen) atoms. The molecule has 0 aliphatic carbocycles. The van der Waals surface area contributed by atoms with E-state index in [1.807, 2.05) is 48.5 Å². The molecule has 0 N–H and O–H groups in total. The Labute approximate surface area is 105 Å². The van der Waals surface area contributed by atoms with Gasteiger partial charge in [0.1, 0.15) is 11.9 Å². The molecule has 1 heterocycles. The van der Waals surface area contributed by atoms with Gasteiger partial charge in [-0.25, -0.2) is 4.79 Å². The molecule has 0 unspecified atom stereocenters. The molecule has 2 atom stereocenters. The predicted octanol–water partition coefficient (Wildman–Crippen LogP) is 2.73. The average Bonchev–Trinajstić information content (AvgIpc) is 3.21. The summed E-state index contributed by atoms with van der Waals surface area (Å²) in [4.78, 5) is 11.8. The highest BCUT2D eigenvalue weighted by molar-refractivity contribution is 5.80. The predicted molar refractivity (Wildman–Crippen MR) is 66.1 cm³/mol. The van der Waals surface area contributed by atoms with Gasteiger partial charge in [0, 0.05) is 0 Å². The molecule has 2 aromatic carbocycles. The van der Waals surface area contributed by atoms with Crippen LogP contribution in [0.5, 0.6) is 5.75 Å². The first kappa shape index (κ1) is 11.0. The van der Waals surface area contributed by atoms with Crippen LogP contribution in [-0.4, -0.2) is 12.1 Å². The van der Waals surface area contributed by atoms with E-state index in [9.17, 15) is 4.79 Å². The van der Waals surface area contributed by atoms with Gasteiger partial charge in [-0.2, -0.15) is 0 Å². The van der Waals surface area contributed by atoms with Gasteiger partial charge >= 0.3 is 5.97 Å². The minimum absolute atomic E-state index is 0.164. The van der Waals surface area contributed by atoms with Crippen LogP contribution in [0.3, 0.4) is 0 Å². The number of esters is 1. The van der Waals surface area contributed by atoms with Gasteiger partial charge in [-0.15, -0.1) is 0 Å². The average molecular weight is 240 g/mol. The molecule has 3 heteroatoms. The lowest BCUT2D eigenvalue weighted by Crippen LogP contribution is -2.15. The monoisotopic (exact) mass is 240 g/mol. The van der Waals surface area contributed by atoms with Crippen molar-refractivity contribution in [2.75, 3.05) is 0 Å². The van der Waals surface area contributed by atoms with Crippen LogP contribution in [0, 0.1) is 0 Å². The fourth-order valence-corrected chi connectivity index (χ4v) is 1.85. The first-order valence-corrected chi connectivity index (χ1v) is 5.82. The van der Waals surface area contributed by atoms with Crippen LogP contribution < -0.4 is 4.74 Å². The minimum atomic E-state index is -0.479. The summed E-state index contributed by atoms with van der Waals surface area (Å²) in [6.45, 7) is 0. The Kier molecular flexibility index (Phi) is 2.82. The molecule has 3 nitrogen and oxygen atoms in total. The summed E-state index contributed by atoms with van der Waals surface area (Å²) < 4.78 is 10.6. The van der Waals surface area contributed by atoms with Crippen LogP contribution in [0.1, 0.15) is 11.7 Å². The molecular formula is C15H12O3. The maximum atomic E-state index is 11.8. The molecular weight excluding hydrogens is 228 g/mol. The smallest absolute Gasteiger partial charge is 0.343 e. The second-order valence-corrected chi connectivity index (χ2v) is 4.12. The van der Waals surface area contributed by atoms with E-state index in [0.717, 1.165) is 5.56 Å². The Balaban J connectivity index is 1.63. The molecule has 0 spiro atoms. The zero-order valence-corrected chi connectivity index (χ0v) is 9.65. The van der Waals surface area contributed by atoms with Gasteiger partial charge in [0.15, 0.2) is 6.10 Å². The Bertz CT molecular complexity index is 536. The molecule has 0 amide bonds. The zero-order valence-electron chi connectivity index (χ0n) is 9.65. The summed E-state index contributed by atoms with van der Waals surface area (Å²) >= 11 is 0. The lowest BCUT2D eigenvalue weighted by molar-refractivity contribution is -0.135. The third kappa shape index (κ3) is 2.26. The van der Waals surface area contributed by atoms with E-state index >= 15 is 0 Å². The van der Waals surface area contributed by atoms with Crippen molar-refractivity contribution >= 4 is 5.97 Å². The van der Waals surface area contributed by atoms with E-state index in [2.05, 4.69) is 0 Å². The molecule has 0 bridgehead atoms. The van der Waals surface area contributed by atoms with Crippen molar-refractivity contribution in [3.05, 3.63) is 66.2 Å². The maximum Gasteiger partial charge on any atom is 0.343 e. The third-order valence-corrected chi connectivity index (χ3v) is 2.81. The van der Waals surface area contributed by atoms with E-state index in [1.165, 1.54) is 0 Å². The van der Waals surface area contributed by atoms with Crippen molar-refractivity contribution in [2.24, 2.45) is 0 Å². The molecule has 2 aromatic rings. The van der Waals surface area contributed by atoms with Crippen LogP contribution in [0.15, 0.2) is 60.7 Å². The van der Waals surface area contributed by atoms with E-state index < -0.39 is 6.10 Å². The van der Waals surface area contributed by atoms with Gasteiger partial charge in [-0.3, -0.25) is 0 Å². The van der Waals surface area contributed by atoms with Gasteiger partial charge in [-0.05, 0) is 17.7 Å². The molecule has 0 radical (unpaired) electrons. The number of hydrogen-bond acceptors (Lipinski definition) is 3. The second kappa shape index (κ2) is 4.63. The van der Waals surface area contributed by atoms with Gasteiger partial charge < -0.3 is 9.47 Å². The van der Waals surface area contributed by atoms with Crippen molar-refractivity contribution in [2.45, 2.75) is 12.2 Å². The van der Waals surface area contributed by atoms with Crippen molar-refractivity contribution in [3.8, 4) is 5.75 Å². The van der Waals surface area contributed by atoms with Crippen molar-refractivity contribution < 1.29 is 14.3 Å². The van der Waals surface area contributed by atoms with Gasteiger partial charge in [0.05, 0.1) is 0 Å². The Morgan fingerprint density at radius 3 is 2.22 bits per heavy atom. The molecule has 90 valence electrons. The van der Waals surface area contributed by atoms with E-state index in [0.29, 0.717) is 5.75 Å². The first-order chi connectivity index (χ1) is 8.84. The lowest BCUT2D eigenvalue weighted by Gasteiger charge is -2.01. The van der Waals surface area contributed by atoms with E-state index in [1.54, 1.807) is 12.1 Å². The molecule has 0 aromatic heterocycles. The van der Waals surface area contributed by atoms with Gasteiger partial charge in [-0.1, -0.05) is 48.5 Å². The summed E-state index contributed by atoms with van der Waals surface area (Å²) in [5, 5.41) is 0. The number of carbonyl (C=O) groups is 1. The number of carbonyl (C=O) groups excluding carboxylic acids is 1. The van der Waals surface area contributed by atoms with Crippen molar-refractivity contribution in [1.29, 1.82) is 0 Å². The quantitative estimate of drug-likeness (QED) is 0.470. The summed E-state index contributed by atoms with van der Waals surface area (Å²) in [6.07, 6.45) is -0.644. The highest BCUT2D eigenvalue weighted by Gasteiger charge is 2.47. The highest BCUT2D eigenvalue weighted by atomic mass is 16.6. The number of epoxide rings is 1. The van der Waals surface area contributed by atoms with E-state index in [4.69, 9.17) is 9.47 Å². The molecule has 1 aliphatic rings. The number of benzene rings is 2. The SMILES string of the molecule is O=C(Oc1ccccc1)[C@@H]1O[C@H]1c1ccccc1. The number of para-hydroxylation sites is 1. The van der Waals surface area contributed by atoms with Crippen LogP contribution in [0.25, 0.3) is 0 Å².